The molecule has 0 N–H and O–H groups in total. The molecule has 1 aromatic rings. The number of likely N-dealkylation sites (tertiary alicyclic amines) is 1. The minimum absolute atomic E-state index is 0.115. The molecule has 0 aliphatic carbocycles. The van der Waals surface area contributed by atoms with E-state index in [2.05, 4.69) is 13.8 Å². The molecule has 108 valence electrons. The zero-order valence-electron chi connectivity index (χ0n) is 11.5. The normalized spacial score (nSPS) is 22.6. The van der Waals surface area contributed by atoms with Crippen LogP contribution in [0.5, 0.6) is 0 Å². The first-order valence-electron chi connectivity index (χ1n) is 6.63. The number of carbonyl (C=O) groups is 1. The highest BCUT2D eigenvalue weighted by atomic mass is 35.5. The molecule has 1 saturated heterocycles. The largest absolute Gasteiger partial charge is 0.338 e. The second kappa shape index (κ2) is 5.79. The number of carbonyl (C=O) groups excluding carboxylic acids is 1. The number of rotatable bonds is 2. The Bertz CT molecular complexity index is 547. The molecule has 1 heterocycles. The van der Waals surface area contributed by atoms with Gasteiger partial charge in [-0.05, 0) is 24.3 Å². The summed E-state index contributed by atoms with van der Waals surface area (Å²) in [5.74, 6) is 0.780. The fraction of sp³-hybridized carbons (Fsp3) is 0.500. The van der Waals surface area contributed by atoms with E-state index in [0.29, 0.717) is 24.9 Å². The molecule has 5 nitrogen and oxygen atoms in total. The van der Waals surface area contributed by atoms with Crippen molar-refractivity contribution in [2.45, 2.75) is 20.3 Å². The third-order valence-electron chi connectivity index (χ3n) is 4.01. The molecule has 0 saturated carbocycles. The monoisotopic (exact) mass is 296 g/mol. The number of piperidine rings is 1. The predicted molar refractivity (Wildman–Crippen MR) is 77.0 cm³/mol. The van der Waals surface area contributed by atoms with Gasteiger partial charge in [0.25, 0.3) is 11.6 Å². The molecule has 1 aliphatic rings. The standard InChI is InChI=1S/C14H17ClN2O3/c1-9-5-6-16(8-10(9)2)14(18)12-7-11(17(19)20)3-4-13(12)15/h3-4,7,9-10H,5-6,8H2,1-2H3. The van der Waals surface area contributed by atoms with Gasteiger partial charge in [0.2, 0.25) is 0 Å². The molecule has 0 spiro atoms. The second-order valence-corrected chi connectivity index (χ2v) is 5.82. The molecule has 2 atom stereocenters. The van der Waals surface area contributed by atoms with Crippen LogP contribution >= 0.6 is 11.6 Å². The lowest BCUT2D eigenvalue weighted by Crippen LogP contribution is -2.42. The first-order valence-corrected chi connectivity index (χ1v) is 7.01. The highest BCUT2D eigenvalue weighted by Crippen LogP contribution is 2.27. The summed E-state index contributed by atoms with van der Waals surface area (Å²) in [4.78, 5) is 24.5. The molecule has 1 amide bonds. The van der Waals surface area contributed by atoms with Gasteiger partial charge in [-0.3, -0.25) is 14.9 Å². The van der Waals surface area contributed by atoms with E-state index in [1.54, 1.807) is 4.90 Å². The number of amides is 1. The maximum atomic E-state index is 12.5. The maximum absolute atomic E-state index is 12.5. The van der Waals surface area contributed by atoms with Crippen LogP contribution in [0.15, 0.2) is 18.2 Å². The number of nitro benzene ring substituents is 1. The minimum Gasteiger partial charge on any atom is -0.338 e. The zero-order valence-corrected chi connectivity index (χ0v) is 12.3. The summed E-state index contributed by atoms with van der Waals surface area (Å²) in [7, 11) is 0. The number of nitrogens with zero attached hydrogens (tertiary/aromatic N) is 2. The molecule has 0 bridgehead atoms. The molecule has 0 radical (unpaired) electrons. The van der Waals surface area contributed by atoms with Crippen LogP contribution in [0.4, 0.5) is 5.69 Å². The predicted octanol–water partition coefficient (Wildman–Crippen LogP) is 3.37. The van der Waals surface area contributed by atoms with Crippen molar-refractivity contribution in [1.82, 2.24) is 4.90 Å². The van der Waals surface area contributed by atoms with Crippen LogP contribution < -0.4 is 0 Å². The molecule has 2 rings (SSSR count). The molecule has 6 heteroatoms. The summed E-state index contributed by atoms with van der Waals surface area (Å²) < 4.78 is 0. The molecule has 20 heavy (non-hydrogen) atoms. The van der Waals surface area contributed by atoms with Gasteiger partial charge in [-0.25, -0.2) is 0 Å². The Morgan fingerprint density at radius 1 is 1.40 bits per heavy atom. The lowest BCUT2D eigenvalue weighted by atomic mass is 9.88. The van der Waals surface area contributed by atoms with Crippen LogP contribution in [0.1, 0.15) is 30.6 Å². The van der Waals surface area contributed by atoms with Crippen molar-refractivity contribution in [2.75, 3.05) is 13.1 Å². The van der Waals surface area contributed by atoms with E-state index in [1.807, 2.05) is 0 Å². The minimum atomic E-state index is -0.520. The number of non-ortho nitro benzene ring substituents is 1. The van der Waals surface area contributed by atoms with Crippen LogP contribution in [0, 0.1) is 22.0 Å². The molecule has 0 aromatic heterocycles. The van der Waals surface area contributed by atoms with Gasteiger partial charge < -0.3 is 4.90 Å². The lowest BCUT2D eigenvalue weighted by molar-refractivity contribution is -0.384. The van der Waals surface area contributed by atoms with Crippen molar-refractivity contribution >= 4 is 23.2 Å². The number of hydrogen-bond acceptors (Lipinski definition) is 3. The first kappa shape index (κ1) is 14.8. The van der Waals surface area contributed by atoms with E-state index < -0.39 is 4.92 Å². The first-order chi connectivity index (χ1) is 9.40. The van der Waals surface area contributed by atoms with Gasteiger partial charge in [0, 0.05) is 25.2 Å². The number of halogens is 1. The SMILES string of the molecule is CC1CCN(C(=O)c2cc([N+](=O)[O-])ccc2Cl)CC1C. The highest BCUT2D eigenvalue weighted by molar-refractivity contribution is 6.33. The van der Waals surface area contributed by atoms with Crippen molar-refractivity contribution in [3.8, 4) is 0 Å². The molecule has 1 aliphatic heterocycles. The van der Waals surface area contributed by atoms with E-state index in [4.69, 9.17) is 11.6 Å². The average Bonchev–Trinajstić information content (AvgIpc) is 2.41. The third-order valence-corrected chi connectivity index (χ3v) is 4.34. The average molecular weight is 297 g/mol. The Balaban J connectivity index is 2.25. The maximum Gasteiger partial charge on any atom is 0.270 e. The quantitative estimate of drug-likeness (QED) is 0.621. The van der Waals surface area contributed by atoms with Crippen molar-refractivity contribution < 1.29 is 9.72 Å². The highest BCUT2D eigenvalue weighted by Gasteiger charge is 2.28. The summed E-state index contributed by atoms with van der Waals surface area (Å²) in [6.07, 6.45) is 0.944. The smallest absolute Gasteiger partial charge is 0.270 e. The van der Waals surface area contributed by atoms with Crippen LogP contribution in [-0.4, -0.2) is 28.8 Å². The van der Waals surface area contributed by atoms with Crippen LogP contribution in [0.3, 0.4) is 0 Å². The molecule has 1 aromatic carbocycles. The summed E-state index contributed by atoms with van der Waals surface area (Å²) >= 11 is 6.01. The van der Waals surface area contributed by atoms with Crippen LogP contribution in [0.25, 0.3) is 0 Å². The Labute approximate surface area is 122 Å². The van der Waals surface area contributed by atoms with Gasteiger partial charge in [0.1, 0.15) is 0 Å². The van der Waals surface area contributed by atoms with Crippen molar-refractivity contribution in [3.63, 3.8) is 0 Å². The van der Waals surface area contributed by atoms with E-state index in [-0.39, 0.29) is 22.2 Å². The van der Waals surface area contributed by atoms with Crippen molar-refractivity contribution in [3.05, 3.63) is 38.9 Å². The third kappa shape index (κ3) is 2.93. The fourth-order valence-electron chi connectivity index (χ4n) is 2.41. The van der Waals surface area contributed by atoms with Crippen LogP contribution in [0.2, 0.25) is 5.02 Å². The number of hydrogen-bond donors (Lipinski definition) is 0. The fourth-order valence-corrected chi connectivity index (χ4v) is 2.61. The Kier molecular flexibility index (Phi) is 4.28. The molecule has 1 fully saturated rings. The Morgan fingerprint density at radius 3 is 2.70 bits per heavy atom. The van der Waals surface area contributed by atoms with E-state index in [1.165, 1.54) is 18.2 Å². The molecular weight excluding hydrogens is 280 g/mol. The topological polar surface area (TPSA) is 63.5 Å². The molecule has 2 unspecified atom stereocenters. The van der Waals surface area contributed by atoms with Gasteiger partial charge in [-0.15, -0.1) is 0 Å². The summed E-state index contributed by atoms with van der Waals surface area (Å²) in [6.45, 7) is 5.62. The van der Waals surface area contributed by atoms with E-state index >= 15 is 0 Å². The Morgan fingerprint density at radius 2 is 2.10 bits per heavy atom. The van der Waals surface area contributed by atoms with E-state index in [9.17, 15) is 14.9 Å². The molecular formula is C14H17ClN2O3. The summed E-state index contributed by atoms with van der Waals surface area (Å²) in [6, 6.07) is 3.97. The van der Waals surface area contributed by atoms with Gasteiger partial charge in [0.15, 0.2) is 0 Å². The van der Waals surface area contributed by atoms with Gasteiger partial charge in [-0.2, -0.15) is 0 Å². The van der Waals surface area contributed by atoms with Gasteiger partial charge >= 0.3 is 0 Å². The second-order valence-electron chi connectivity index (χ2n) is 5.42. The van der Waals surface area contributed by atoms with Gasteiger partial charge in [-0.1, -0.05) is 25.4 Å². The van der Waals surface area contributed by atoms with Crippen LogP contribution in [-0.2, 0) is 0 Å². The summed E-state index contributed by atoms with van der Waals surface area (Å²) in [5, 5.41) is 11.1. The lowest BCUT2D eigenvalue weighted by Gasteiger charge is -2.35. The number of nitro groups is 1. The zero-order chi connectivity index (χ0) is 14.9. The Hall–Kier alpha value is -1.62. The number of benzene rings is 1. The van der Waals surface area contributed by atoms with Gasteiger partial charge in [0.05, 0.1) is 15.5 Å². The van der Waals surface area contributed by atoms with Crippen molar-refractivity contribution in [2.24, 2.45) is 11.8 Å². The van der Waals surface area contributed by atoms with E-state index in [0.717, 1.165) is 6.42 Å². The van der Waals surface area contributed by atoms with Crippen molar-refractivity contribution in [1.29, 1.82) is 0 Å². The summed E-state index contributed by atoms with van der Waals surface area (Å²) in [5.41, 5.74) is 0.0961.